The lowest BCUT2D eigenvalue weighted by atomic mass is 10.1. The van der Waals surface area contributed by atoms with Gasteiger partial charge >= 0.3 is 6.09 Å². The molecule has 0 bridgehead atoms. The third kappa shape index (κ3) is 2.50. The number of nitrogen functional groups attached to an aromatic ring is 1. The summed E-state index contributed by atoms with van der Waals surface area (Å²) in [6, 6.07) is 4.46. The maximum atomic E-state index is 12.3. The molecule has 0 saturated carbocycles. The van der Waals surface area contributed by atoms with Crippen LogP contribution in [-0.2, 0) is 4.79 Å². The SMILES string of the molecule is Nc1ncnc2ccc(NC(=O)C3CCCN3C(=O)O)cc12. The first-order valence-electron chi connectivity index (χ1n) is 6.87. The number of hydrogen-bond acceptors (Lipinski definition) is 5. The van der Waals surface area contributed by atoms with Gasteiger partial charge in [-0.25, -0.2) is 14.8 Å². The van der Waals surface area contributed by atoms with E-state index < -0.39 is 12.1 Å². The average Bonchev–Trinajstić information content (AvgIpc) is 2.98. The zero-order chi connectivity index (χ0) is 15.7. The summed E-state index contributed by atoms with van der Waals surface area (Å²) >= 11 is 0. The Morgan fingerprint density at radius 1 is 1.36 bits per heavy atom. The molecule has 1 aliphatic rings. The van der Waals surface area contributed by atoms with E-state index in [4.69, 9.17) is 10.8 Å². The number of carbonyl (C=O) groups is 2. The fraction of sp³-hybridized carbons (Fsp3) is 0.286. The predicted molar refractivity (Wildman–Crippen MR) is 80.3 cm³/mol. The van der Waals surface area contributed by atoms with Crippen LogP contribution in [0.5, 0.6) is 0 Å². The smallest absolute Gasteiger partial charge is 0.407 e. The summed E-state index contributed by atoms with van der Waals surface area (Å²) in [5.74, 6) is -0.0104. The molecule has 114 valence electrons. The molecule has 8 heteroatoms. The van der Waals surface area contributed by atoms with Gasteiger partial charge in [-0.15, -0.1) is 0 Å². The van der Waals surface area contributed by atoms with Crippen LogP contribution in [-0.4, -0.2) is 44.6 Å². The lowest BCUT2D eigenvalue weighted by Crippen LogP contribution is -2.42. The molecule has 4 N–H and O–H groups in total. The highest BCUT2D eigenvalue weighted by Gasteiger charge is 2.34. The van der Waals surface area contributed by atoms with Gasteiger partial charge in [-0.2, -0.15) is 0 Å². The summed E-state index contributed by atoms with van der Waals surface area (Å²) in [7, 11) is 0. The largest absolute Gasteiger partial charge is 0.465 e. The Kier molecular flexibility index (Phi) is 3.50. The van der Waals surface area contributed by atoms with Gasteiger partial charge in [-0.3, -0.25) is 9.69 Å². The van der Waals surface area contributed by atoms with Crippen LogP contribution in [0.15, 0.2) is 24.5 Å². The van der Waals surface area contributed by atoms with Gasteiger partial charge in [-0.1, -0.05) is 0 Å². The van der Waals surface area contributed by atoms with Crippen LogP contribution in [0.25, 0.3) is 10.9 Å². The molecule has 1 aromatic carbocycles. The van der Waals surface area contributed by atoms with Gasteiger partial charge in [0, 0.05) is 17.6 Å². The number of amides is 2. The Morgan fingerprint density at radius 2 is 2.18 bits per heavy atom. The first-order valence-corrected chi connectivity index (χ1v) is 6.87. The molecule has 0 radical (unpaired) electrons. The number of carbonyl (C=O) groups excluding carboxylic acids is 1. The Labute approximate surface area is 126 Å². The van der Waals surface area contributed by atoms with E-state index >= 15 is 0 Å². The molecule has 1 unspecified atom stereocenters. The Balaban J connectivity index is 1.82. The second kappa shape index (κ2) is 5.47. The minimum absolute atomic E-state index is 0.328. The minimum Gasteiger partial charge on any atom is -0.465 e. The first kappa shape index (κ1) is 14.1. The fourth-order valence-electron chi connectivity index (χ4n) is 2.65. The number of aromatic nitrogens is 2. The van der Waals surface area contributed by atoms with E-state index in [2.05, 4.69) is 15.3 Å². The van der Waals surface area contributed by atoms with Gasteiger partial charge in [0.05, 0.1) is 5.52 Å². The molecule has 1 aromatic heterocycles. The van der Waals surface area contributed by atoms with Gasteiger partial charge in [-0.05, 0) is 31.0 Å². The summed E-state index contributed by atoms with van der Waals surface area (Å²) in [6.45, 7) is 0.381. The predicted octanol–water partition coefficient (Wildman–Crippen LogP) is 1.29. The molecule has 1 atom stereocenters. The van der Waals surface area contributed by atoms with Gasteiger partial charge in [0.2, 0.25) is 5.91 Å². The van der Waals surface area contributed by atoms with Crippen molar-refractivity contribution in [1.29, 1.82) is 0 Å². The molecule has 1 fully saturated rings. The maximum Gasteiger partial charge on any atom is 0.407 e. The summed E-state index contributed by atoms with van der Waals surface area (Å²) in [6.07, 6.45) is 1.51. The standard InChI is InChI=1S/C14H15N5O3/c15-12-9-6-8(3-4-10(9)16-7-17-12)18-13(20)11-2-1-5-19(11)14(21)22/h3-4,6-7,11H,1-2,5H2,(H,18,20)(H,21,22)(H2,15,16,17). The number of benzene rings is 1. The highest BCUT2D eigenvalue weighted by molar-refractivity contribution is 5.99. The zero-order valence-corrected chi connectivity index (χ0v) is 11.7. The van der Waals surface area contributed by atoms with Crippen LogP contribution in [0, 0.1) is 0 Å². The van der Waals surface area contributed by atoms with Crippen LogP contribution in [0.1, 0.15) is 12.8 Å². The fourth-order valence-corrected chi connectivity index (χ4v) is 2.65. The first-order chi connectivity index (χ1) is 10.6. The van der Waals surface area contributed by atoms with Crippen molar-refractivity contribution >= 4 is 34.4 Å². The number of nitrogens with two attached hydrogens (primary N) is 1. The Bertz CT molecular complexity index is 748. The van der Waals surface area contributed by atoms with E-state index in [1.54, 1.807) is 18.2 Å². The zero-order valence-electron chi connectivity index (χ0n) is 11.7. The second-order valence-electron chi connectivity index (χ2n) is 5.11. The van der Waals surface area contributed by atoms with E-state index in [9.17, 15) is 9.59 Å². The number of anilines is 2. The molecular formula is C14H15N5O3. The number of nitrogens with one attached hydrogen (secondary N) is 1. The number of rotatable bonds is 2. The van der Waals surface area contributed by atoms with E-state index in [1.165, 1.54) is 6.33 Å². The molecule has 2 aromatic rings. The topological polar surface area (TPSA) is 121 Å². The van der Waals surface area contributed by atoms with Crippen molar-refractivity contribution in [2.45, 2.75) is 18.9 Å². The van der Waals surface area contributed by atoms with Crippen LogP contribution in [0.4, 0.5) is 16.3 Å². The maximum absolute atomic E-state index is 12.3. The monoisotopic (exact) mass is 301 g/mol. The number of carboxylic acid groups (broad SMARTS) is 1. The Hall–Kier alpha value is -2.90. The lowest BCUT2D eigenvalue weighted by Gasteiger charge is -2.20. The highest BCUT2D eigenvalue weighted by atomic mass is 16.4. The van der Waals surface area contributed by atoms with Crippen molar-refractivity contribution in [2.24, 2.45) is 0 Å². The third-order valence-electron chi connectivity index (χ3n) is 3.73. The lowest BCUT2D eigenvalue weighted by molar-refractivity contribution is -0.119. The summed E-state index contributed by atoms with van der Waals surface area (Å²) < 4.78 is 0. The van der Waals surface area contributed by atoms with Crippen LogP contribution in [0.3, 0.4) is 0 Å². The van der Waals surface area contributed by atoms with Crippen LogP contribution >= 0.6 is 0 Å². The molecule has 22 heavy (non-hydrogen) atoms. The average molecular weight is 301 g/mol. The number of likely N-dealkylation sites (tertiary alicyclic amines) is 1. The van der Waals surface area contributed by atoms with Gasteiger partial charge in [0.25, 0.3) is 0 Å². The third-order valence-corrected chi connectivity index (χ3v) is 3.73. The molecule has 1 saturated heterocycles. The molecule has 1 aliphatic heterocycles. The molecular weight excluding hydrogens is 286 g/mol. The highest BCUT2D eigenvalue weighted by Crippen LogP contribution is 2.23. The van der Waals surface area contributed by atoms with Crippen LogP contribution < -0.4 is 11.1 Å². The van der Waals surface area contributed by atoms with Crippen LogP contribution in [0.2, 0.25) is 0 Å². The molecule has 0 spiro atoms. The summed E-state index contributed by atoms with van der Waals surface area (Å²) in [4.78, 5) is 32.5. The number of nitrogens with zero attached hydrogens (tertiary/aromatic N) is 3. The van der Waals surface area contributed by atoms with Crippen molar-refractivity contribution in [1.82, 2.24) is 14.9 Å². The molecule has 2 heterocycles. The second-order valence-corrected chi connectivity index (χ2v) is 5.11. The molecule has 0 aliphatic carbocycles. The number of hydrogen-bond donors (Lipinski definition) is 3. The van der Waals surface area contributed by atoms with Crippen molar-refractivity contribution in [3.05, 3.63) is 24.5 Å². The normalized spacial score (nSPS) is 17.6. The van der Waals surface area contributed by atoms with Crippen molar-refractivity contribution in [3.8, 4) is 0 Å². The van der Waals surface area contributed by atoms with Gasteiger partial charge in [0.15, 0.2) is 0 Å². The van der Waals surface area contributed by atoms with E-state index in [0.29, 0.717) is 41.8 Å². The molecule has 2 amide bonds. The van der Waals surface area contributed by atoms with E-state index in [0.717, 1.165) is 4.90 Å². The summed E-state index contributed by atoms with van der Waals surface area (Å²) in [5.41, 5.74) is 7.01. The molecule has 3 rings (SSSR count). The van der Waals surface area contributed by atoms with Crippen molar-refractivity contribution in [3.63, 3.8) is 0 Å². The van der Waals surface area contributed by atoms with Gasteiger partial charge in [0.1, 0.15) is 18.2 Å². The van der Waals surface area contributed by atoms with Gasteiger partial charge < -0.3 is 16.2 Å². The molecule has 8 nitrogen and oxygen atoms in total. The Morgan fingerprint density at radius 3 is 2.95 bits per heavy atom. The van der Waals surface area contributed by atoms with E-state index in [-0.39, 0.29) is 5.91 Å². The van der Waals surface area contributed by atoms with Crippen molar-refractivity contribution < 1.29 is 14.7 Å². The summed E-state index contributed by atoms with van der Waals surface area (Å²) in [5, 5.41) is 12.5. The quantitative estimate of drug-likeness (QED) is 0.768. The number of fused-ring (bicyclic) bond motifs is 1. The van der Waals surface area contributed by atoms with E-state index in [1.807, 2.05) is 0 Å². The minimum atomic E-state index is -1.08. The van der Waals surface area contributed by atoms with Crippen molar-refractivity contribution in [2.75, 3.05) is 17.6 Å².